The Labute approximate surface area is 94.4 Å². The van der Waals surface area contributed by atoms with Gasteiger partial charge >= 0.3 is 0 Å². The lowest BCUT2D eigenvalue weighted by Gasteiger charge is -2.21. The molecule has 0 unspecified atom stereocenters. The van der Waals surface area contributed by atoms with Crippen molar-refractivity contribution in [2.24, 2.45) is 0 Å². The summed E-state index contributed by atoms with van der Waals surface area (Å²) in [5.74, 6) is -0.0858. The van der Waals surface area contributed by atoms with Crippen LogP contribution < -0.4 is 9.47 Å². The van der Waals surface area contributed by atoms with E-state index in [1.54, 1.807) is 19.9 Å². The van der Waals surface area contributed by atoms with Crippen LogP contribution in [0, 0.1) is 17.1 Å². The summed E-state index contributed by atoms with van der Waals surface area (Å²) in [6.45, 7) is 3.26. The van der Waals surface area contributed by atoms with Gasteiger partial charge in [-0.2, -0.15) is 5.26 Å². The van der Waals surface area contributed by atoms with Crippen molar-refractivity contribution in [2.45, 2.75) is 19.3 Å². The van der Waals surface area contributed by atoms with E-state index in [2.05, 4.69) is 0 Å². The number of hydrogen-bond donors (Lipinski definition) is 0. The maximum absolute atomic E-state index is 14.0. The second-order valence-corrected chi connectivity index (χ2v) is 3.90. The first-order valence-electron chi connectivity index (χ1n) is 4.80. The lowest BCUT2D eigenvalue weighted by atomic mass is 9.85. The molecular weight excluding hydrogens is 209 g/mol. The van der Waals surface area contributed by atoms with Crippen molar-refractivity contribution in [3.63, 3.8) is 0 Å². The van der Waals surface area contributed by atoms with Gasteiger partial charge in [0.2, 0.25) is 0 Å². The van der Waals surface area contributed by atoms with Gasteiger partial charge in [-0.15, -0.1) is 0 Å². The Balaban J connectivity index is 3.51. The highest BCUT2D eigenvalue weighted by Crippen LogP contribution is 2.37. The molecule has 0 N–H and O–H groups in total. The van der Waals surface area contributed by atoms with Crippen LogP contribution in [0.15, 0.2) is 12.1 Å². The van der Waals surface area contributed by atoms with Crippen molar-refractivity contribution < 1.29 is 13.9 Å². The molecule has 0 radical (unpaired) electrons. The van der Waals surface area contributed by atoms with Gasteiger partial charge in [0.25, 0.3) is 0 Å². The van der Waals surface area contributed by atoms with Crippen LogP contribution in [0.4, 0.5) is 4.39 Å². The Morgan fingerprint density at radius 3 is 2.12 bits per heavy atom. The first kappa shape index (κ1) is 12.3. The van der Waals surface area contributed by atoms with Crippen LogP contribution in [0.5, 0.6) is 11.5 Å². The molecule has 0 heterocycles. The smallest absolute Gasteiger partial charge is 0.173 e. The largest absolute Gasteiger partial charge is 0.496 e. The Kier molecular flexibility index (Phi) is 3.38. The van der Waals surface area contributed by atoms with Crippen LogP contribution >= 0.6 is 0 Å². The molecule has 0 aliphatic heterocycles. The van der Waals surface area contributed by atoms with Gasteiger partial charge in [-0.25, -0.2) is 4.39 Å². The molecule has 0 bridgehead atoms. The highest BCUT2D eigenvalue weighted by atomic mass is 19.1. The number of hydrogen-bond acceptors (Lipinski definition) is 3. The fraction of sp³-hybridized carbons (Fsp3) is 0.417. The number of nitriles is 1. The summed E-state index contributed by atoms with van der Waals surface area (Å²) in [7, 11) is 2.83. The van der Waals surface area contributed by atoms with Gasteiger partial charge in [0.1, 0.15) is 5.75 Å². The van der Waals surface area contributed by atoms with Gasteiger partial charge in [0.05, 0.1) is 31.3 Å². The van der Waals surface area contributed by atoms with E-state index in [0.717, 1.165) is 0 Å². The minimum absolute atomic E-state index is 0.110. The summed E-state index contributed by atoms with van der Waals surface area (Å²) in [5, 5.41) is 9.04. The van der Waals surface area contributed by atoms with Gasteiger partial charge in [0, 0.05) is 0 Å². The molecule has 16 heavy (non-hydrogen) atoms. The fourth-order valence-corrected chi connectivity index (χ4v) is 1.51. The van der Waals surface area contributed by atoms with Gasteiger partial charge in [-0.3, -0.25) is 0 Å². The molecule has 0 amide bonds. The highest BCUT2D eigenvalue weighted by molar-refractivity contribution is 5.48. The van der Waals surface area contributed by atoms with Crippen LogP contribution in [0.2, 0.25) is 0 Å². The Hall–Kier alpha value is -1.76. The summed E-state index contributed by atoms with van der Waals surface area (Å²) < 4.78 is 24.0. The minimum Gasteiger partial charge on any atom is -0.496 e. The number of ether oxygens (including phenoxy) is 2. The van der Waals surface area contributed by atoms with E-state index in [4.69, 9.17) is 14.7 Å². The standard InChI is InChI=1S/C12H14FNO2/c1-12(2,7-14)10-8(15-3)5-6-9(16-4)11(10)13/h5-6H,1-4H3. The number of rotatable bonds is 3. The topological polar surface area (TPSA) is 42.2 Å². The Morgan fingerprint density at radius 2 is 1.69 bits per heavy atom. The van der Waals surface area contributed by atoms with E-state index >= 15 is 0 Å². The summed E-state index contributed by atoms with van der Waals surface area (Å²) in [4.78, 5) is 0. The summed E-state index contributed by atoms with van der Waals surface area (Å²) in [5.41, 5.74) is -0.749. The molecule has 0 aliphatic carbocycles. The molecule has 0 aliphatic rings. The van der Waals surface area contributed by atoms with Crippen LogP contribution in [0.3, 0.4) is 0 Å². The van der Waals surface area contributed by atoms with Crippen molar-refractivity contribution in [2.75, 3.05) is 14.2 Å². The predicted octanol–water partition coefficient (Wildman–Crippen LogP) is 2.64. The maximum atomic E-state index is 14.0. The molecular formula is C12H14FNO2. The summed E-state index contributed by atoms with van der Waals surface area (Å²) in [6, 6.07) is 5.12. The van der Waals surface area contributed by atoms with Crippen molar-refractivity contribution in [3.05, 3.63) is 23.5 Å². The molecule has 86 valence electrons. The highest BCUT2D eigenvalue weighted by Gasteiger charge is 2.30. The second kappa shape index (κ2) is 4.40. The summed E-state index contributed by atoms with van der Waals surface area (Å²) >= 11 is 0. The molecule has 0 spiro atoms. The van der Waals surface area contributed by atoms with Gasteiger partial charge in [-0.1, -0.05) is 0 Å². The molecule has 0 atom stereocenters. The van der Waals surface area contributed by atoms with E-state index in [-0.39, 0.29) is 11.3 Å². The SMILES string of the molecule is COc1ccc(OC)c(C(C)(C)C#N)c1F. The third-order valence-corrected chi connectivity index (χ3v) is 2.41. The molecule has 1 rings (SSSR count). The maximum Gasteiger partial charge on any atom is 0.173 e. The van der Waals surface area contributed by atoms with Gasteiger partial charge in [0.15, 0.2) is 11.6 Å². The molecule has 0 fully saturated rings. The lowest BCUT2D eigenvalue weighted by molar-refractivity contribution is 0.364. The second-order valence-electron chi connectivity index (χ2n) is 3.90. The Bertz CT molecular complexity index is 435. The molecule has 0 aromatic heterocycles. The van der Waals surface area contributed by atoms with Crippen molar-refractivity contribution >= 4 is 0 Å². The third kappa shape index (κ3) is 1.94. The molecule has 1 aromatic rings. The zero-order valence-corrected chi connectivity index (χ0v) is 9.80. The summed E-state index contributed by atoms with van der Waals surface area (Å²) in [6.07, 6.45) is 0. The van der Waals surface area contributed by atoms with Crippen LogP contribution in [0.25, 0.3) is 0 Å². The zero-order chi connectivity index (χ0) is 12.3. The monoisotopic (exact) mass is 223 g/mol. The molecule has 1 aromatic carbocycles. The molecule has 3 nitrogen and oxygen atoms in total. The fourth-order valence-electron chi connectivity index (χ4n) is 1.51. The first-order valence-corrected chi connectivity index (χ1v) is 4.80. The van der Waals surface area contributed by atoms with E-state index in [9.17, 15) is 4.39 Å². The van der Waals surface area contributed by atoms with Gasteiger partial charge in [-0.05, 0) is 26.0 Å². The van der Waals surface area contributed by atoms with E-state index < -0.39 is 11.2 Å². The first-order chi connectivity index (χ1) is 7.47. The van der Waals surface area contributed by atoms with E-state index in [0.29, 0.717) is 5.75 Å². The lowest BCUT2D eigenvalue weighted by Crippen LogP contribution is -2.18. The predicted molar refractivity (Wildman–Crippen MR) is 58.1 cm³/mol. The average molecular weight is 223 g/mol. The zero-order valence-electron chi connectivity index (χ0n) is 9.80. The number of benzene rings is 1. The normalized spacial score (nSPS) is 10.8. The minimum atomic E-state index is -0.968. The molecule has 0 saturated carbocycles. The van der Waals surface area contributed by atoms with Crippen LogP contribution in [-0.4, -0.2) is 14.2 Å². The molecule has 0 saturated heterocycles. The Morgan fingerprint density at radius 1 is 1.19 bits per heavy atom. The third-order valence-electron chi connectivity index (χ3n) is 2.41. The van der Waals surface area contributed by atoms with Crippen molar-refractivity contribution in [1.29, 1.82) is 5.26 Å². The van der Waals surface area contributed by atoms with E-state index in [1.807, 2.05) is 6.07 Å². The van der Waals surface area contributed by atoms with Crippen molar-refractivity contribution in [1.82, 2.24) is 0 Å². The molecule has 4 heteroatoms. The van der Waals surface area contributed by atoms with Gasteiger partial charge < -0.3 is 9.47 Å². The average Bonchev–Trinajstić information content (AvgIpc) is 2.28. The van der Waals surface area contributed by atoms with E-state index in [1.165, 1.54) is 20.3 Å². The quantitative estimate of drug-likeness (QED) is 0.791. The van der Waals surface area contributed by atoms with Crippen LogP contribution in [0.1, 0.15) is 19.4 Å². The number of halogens is 1. The van der Waals surface area contributed by atoms with Crippen LogP contribution in [-0.2, 0) is 5.41 Å². The number of methoxy groups -OCH3 is 2. The van der Waals surface area contributed by atoms with Crippen molar-refractivity contribution in [3.8, 4) is 17.6 Å². The number of nitrogens with zero attached hydrogens (tertiary/aromatic N) is 1.